The number of esters is 3. The van der Waals surface area contributed by atoms with E-state index in [-0.39, 0.29) is 31.1 Å². The Morgan fingerprint density at radius 2 is 0.516 bits per heavy atom. The van der Waals surface area contributed by atoms with Crippen LogP contribution in [0.4, 0.5) is 0 Å². The minimum Gasteiger partial charge on any atom is -0.462 e. The second-order valence-electron chi connectivity index (χ2n) is 20.9. The zero-order valence-corrected chi connectivity index (χ0v) is 43.9. The first-order valence-electron chi connectivity index (χ1n) is 28.7. The van der Waals surface area contributed by atoms with E-state index in [1.54, 1.807) is 0 Å². The molecule has 0 aromatic rings. The average molecular weight is 906 g/mol. The lowest BCUT2D eigenvalue weighted by molar-refractivity contribution is -0.167. The Hall–Kier alpha value is -1.59. The van der Waals surface area contributed by atoms with Crippen LogP contribution in [-0.2, 0) is 28.6 Å². The highest BCUT2D eigenvalue weighted by molar-refractivity contribution is 5.71. The topological polar surface area (TPSA) is 78.9 Å². The number of hydrogen-bond acceptors (Lipinski definition) is 6. The van der Waals surface area contributed by atoms with Crippen LogP contribution in [0, 0.1) is 11.8 Å². The summed E-state index contributed by atoms with van der Waals surface area (Å²) in [4.78, 5) is 38.1. The molecule has 0 bridgehead atoms. The van der Waals surface area contributed by atoms with E-state index < -0.39 is 6.10 Å². The van der Waals surface area contributed by atoms with Crippen LogP contribution in [0.15, 0.2) is 0 Å². The SMILES string of the molecule is CCCCCCCCCCCCCCCCCCCCCC(=O)O[C@H](COC(=O)CCCCCCCCCCCCCC(C)C)COC(=O)CCCCCCCCCCCCC(C)C. The summed E-state index contributed by atoms with van der Waals surface area (Å²) in [5, 5.41) is 0. The maximum Gasteiger partial charge on any atom is 0.306 e. The molecule has 0 rings (SSSR count). The van der Waals surface area contributed by atoms with Crippen molar-refractivity contribution in [3.63, 3.8) is 0 Å². The third-order valence-corrected chi connectivity index (χ3v) is 13.2. The number of ether oxygens (including phenoxy) is 3. The molecule has 0 aliphatic carbocycles. The van der Waals surface area contributed by atoms with Crippen molar-refractivity contribution in [2.75, 3.05) is 13.2 Å². The van der Waals surface area contributed by atoms with Gasteiger partial charge in [0.1, 0.15) is 13.2 Å². The molecule has 0 aliphatic rings. The van der Waals surface area contributed by atoms with Crippen LogP contribution in [0.25, 0.3) is 0 Å². The predicted octanol–water partition coefficient (Wildman–Crippen LogP) is 18.9. The fourth-order valence-electron chi connectivity index (χ4n) is 8.87. The third kappa shape index (κ3) is 51.4. The van der Waals surface area contributed by atoms with E-state index >= 15 is 0 Å². The van der Waals surface area contributed by atoms with Gasteiger partial charge in [0.2, 0.25) is 0 Å². The van der Waals surface area contributed by atoms with Crippen LogP contribution in [-0.4, -0.2) is 37.2 Å². The Bertz CT molecular complexity index is 978. The molecule has 0 unspecified atom stereocenters. The summed E-state index contributed by atoms with van der Waals surface area (Å²) in [7, 11) is 0. The highest BCUT2D eigenvalue weighted by Gasteiger charge is 2.19. The van der Waals surface area contributed by atoms with Crippen LogP contribution in [0.5, 0.6) is 0 Å². The maximum atomic E-state index is 12.9. The molecule has 6 heteroatoms. The number of hydrogen-bond donors (Lipinski definition) is 0. The van der Waals surface area contributed by atoms with Crippen molar-refractivity contribution in [1.29, 1.82) is 0 Å². The second-order valence-corrected chi connectivity index (χ2v) is 20.9. The Morgan fingerprint density at radius 3 is 0.766 bits per heavy atom. The van der Waals surface area contributed by atoms with Gasteiger partial charge < -0.3 is 14.2 Å². The molecule has 1 atom stereocenters. The number of carbonyl (C=O) groups excluding carboxylic acids is 3. The maximum absolute atomic E-state index is 12.9. The van der Waals surface area contributed by atoms with E-state index in [2.05, 4.69) is 34.6 Å². The first-order chi connectivity index (χ1) is 31.2. The molecule has 64 heavy (non-hydrogen) atoms. The minimum absolute atomic E-state index is 0.0633. The minimum atomic E-state index is -0.763. The summed E-state index contributed by atoms with van der Waals surface area (Å²) in [6.07, 6.45) is 53.8. The lowest BCUT2D eigenvalue weighted by Crippen LogP contribution is -2.30. The first-order valence-corrected chi connectivity index (χ1v) is 28.7. The van der Waals surface area contributed by atoms with E-state index in [1.165, 1.54) is 212 Å². The summed E-state index contributed by atoms with van der Waals surface area (Å²) in [5.41, 5.74) is 0. The number of carbonyl (C=O) groups is 3. The van der Waals surface area contributed by atoms with Gasteiger partial charge in [-0.2, -0.15) is 0 Å². The highest BCUT2D eigenvalue weighted by atomic mass is 16.6. The Kier molecular flexibility index (Phi) is 49.6. The monoisotopic (exact) mass is 905 g/mol. The quantitative estimate of drug-likeness (QED) is 0.0344. The molecule has 0 spiro atoms. The molecule has 0 aromatic heterocycles. The number of unbranched alkanes of at least 4 members (excludes halogenated alkanes) is 37. The summed E-state index contributed by atoms with van der Waals surface area (Å²) < 4.78 is 16.9. The van der Waals surface area contributed by atoms with E-state index in [4.69, 9.17) is 14.2 Å². The molecule has 0 fully saturated rings. The molecule has 0 amide bonds. The summed E-state index contributed by atoms with van der Waals surface area (Å²) >= 11 is 0. The predicted molar refractivity (Wildman–Crippen MR) is 275 cm³/mol. The van der Waals surface area contributed by atoms with Gasteiger partial charge in [-0.05, 0) is 31.1 Å². The van der Waals surface area contributed by atoms with E-state index in [1.807, 2.05) is 0 Å². The summed E-state index contributed by atoms with van der Waals surface area (Å²) in [6.45, 7) is 11.4. The Balaban J connectivity index is 4.28. The lowest BCUT2D eigenvalue weighted by Gasteiger charge is -2.18. The van der Waals surface area contributed by atoms with E-state index in [0.717, 1.165) is 69.6 Å². The molecule has 6 nitrogen and oxygen atoms in total. The molecular weight excluding hydrogens is 793 g/mol. The lowest BCUT2D eigenvalue weighted by atomic mass is 10.0. The fraction of sp³-hybridized carbons (Fsp3) is 0.948. The fourth-order valence-corrected chi connectivity index (χ4v) is 8.87. The molecular formula is C58H112O6. The van der Waals surface area contributed by atoms with Gasteiger partial charge in [0.25, 0.3) is 0 Å². The van der Waals surface area contributed by atoms with E-state index in [0.29, 0.717) is 19.3 Å². The second kappa shape index (κ2) is 50.8. The highest BCUT2D eigenvalue weighted by Crippen LogP contribution is 2.18. The zero-order chi connectivity index (χ0) is 46.8. The van der Waals surface area contributed by atoms with Gasteiger partial charge in [-0.3, -0.25) is 14.4 Å². The van der Waals surface area contributed by atoms with Crippen molar-refractivity contribution in [3.05, 3.63) is 0 Å². The number of rotatable bonds is 52. The van der Waals surface area contributed by atoms with Gasteiger partial charge in [0.05, 0.1) is 0 Å². The normalized spacial score (nSPS) is 12.0. The molecule has 0 aliphatic heterocycles. The van der Waals surface area contributed by atoms with Crippen molar-refractivity contribution in [2.45, 2.75) is 330 Å². The molecule has 380 valence electrons. The van der Waals surface area contributed by atoms with Crippen LogP contribution < -0.4 is 0 Å². The molecule has 0 saturated carbocycles. The summed E-state index contributed by atoms with van der Waals surface area (Å²) in [6, 6.07) is 0. The van der Waals surface area contributed by atoms with Crippen molar-refractivity contribution < 1.29 is 28.6 Å². The average Bonchev–Trinajstić information content (AvgIpc) is 3.27. The van der Waals surface area contributed by atoms with Gasteiger partial charge in [0, 0.05) is 19.3 Å². The third-order valence-electron chi connectivity index (χ3n) is 13.2. The van der Waals surface area contributed by atoms with Crippen molar-refractivity contribution in [3.8, 4) is 0 Å². The van der Waals surface area contributed by atoms with Crippen LogP contribution >= 0.6 is 0 Å². The Labute approximate surface area is 399 Å². The van der Waals surface area contributed by atoms with Crippen LogP contribution in [0.2, 0.25) is 0 Å². The van der Waals surface area contributed by atoms with E-state index in [9.17, 15) is 14.4 Å². The summed E-state index contributed by atoms with van der Waals surface area (Å²) in [5.74, 6) is 0.804. The van der Waals surface area contributed by atoms with Gasteiger partial charge in [-0.1, -0.05) is 285 Å². The van der Waals surface area contributed by atoms with Crippen LogP contribution in [0.3, 0.4) is 0 Å². The van der Waals surface area contributed by atoms with Crippen molar-refractivity contribution >= 4 is 17.9 Å². The molecule has 0 heterocycles. The standard InChI is InChI=1S/C58H112O6/c1-6-7-8-9-10-11-12-13-14-15-16-17-18-19-22-30-35-40-45-50-58(61)64-55(52-63-57(60)49-44-39-34-29-25-24-27-32-37-42-47-54(4)5)51-62-56(59)48-43-38-33-28-23-20-21-26-31-36-41-46-53(2)3/h53-55H,6-52H2,1-5H3/t55-/m1/s1. The van der Waals surface area contributed by atoms with Crippen molar-refractivity contribution in [1.82, 2.24) is 0 Å². The van der Waals surface area contributed by atoms with Gasteiger partial charge in [-0.25, -0.2) is 0 Å². The molecule has 0 radical (unpaired) electrons. The van der Waals surface area contributed by atoms with Gasteiger partial charge in [0.15, 0.2) is 6.10 Å². The molecule has 0 saturated heterocycles. The smallest absolute Gasteiger partial charge is 0.306 e. The van der Waals surface area contributed by atoms with Crippen molar-refractivity contribution in [2.24, 2.45) is 11.8 Å². The Morgan fingerprint density at radius 1 is 0.297 bits per heavy atom. The van der Waals surface area contributed by atoms with Gasteiger partial charge in [-0.15, -0.1) is 0 Å². The zero-order valence-electron chi connectivity index (χ0n) is 43.9. The molecule has 0 N–H and O–H groups in total. The van der Waals surface area contributed by atoms with Gasteiger partial charge >= 0.3 is 17.9 Å². The first kappa shape index (κ1) is 62.4. The largest absolute Gasteiger partial charge is 0.462 e. The van der Waals surface area contributed by atoms with Crippen LogP contribution in [0.1, 0.15) is 324 Å². The molecule has 0 aromatic carbocycles.